The fraction of sp³-hybridized carbons (Fsp3) is 0.381. The number of carbonyl (C=O) groups excluding carboxylic acids is 1. The van der Waals surface area contributed by atoms with Gasteiger partial charge in [0.25, 0.3) is 0 Å². The van der Waals surface area contributed by atoms with Crippen LogP contribution in [0.2, 0.25) is 0 Å². The average molecular weight is 456 g/mol. The highest BCUT2D eigenvalue weighted by molar-refractivity contribution is 7.89. The van der Waals surface area contributed by atoms with Gasteiger partial charge in [0.15, 0.2) is 0 Å². The summed E-state index contributed by atoms with van der Waals surface area (Å²) in [6.45, 7) is 1.86. The fourth-order valence-electron chi connectivity index (χ4n) is 3.55. The first-order valence-electron chi connectivity index (χ1n) is 9.75. The van der Waals surface area contributed by atoms with Crippen molar-refractivity contribution in [3.05, 3.63) is 59.7 Å². The van der Waals surface area contributed by atoms with Crippen LogP contribution in [0, 0.1) is 5.92 Å². The number of rotatable bonds is 5. The van der Waals surface area contributed by atoms with Crippen molar-refractivity contribution in [3.8, 4) is 5.75 Å². The van der Waals surface area contributed by atoms with Crippen molar-refractivity contribution in [3.63, 3.8) is 0 Å². The maximum absolute atomic E-state index is 12.9. The number of sulfonamides is 1. The van der Waals surface area contributed by atoms with Crippen molar-refractivity contribution in [2.24, 2.45) is 5.92 Å². The molecule has 10 heteroatoms. The van der Waals surface area contributed by atoms with Gasteiger partial charge in [0.2, 0.25) is 15.9 Å². The zero-order valence-corrected chi connectivity index (χ0v) is 17.6. The Labute approximate surface area is 178 Å². The minimum absolute atomic E-state index is 0.0389. The van der Waals surface area contributed by atoms with E-state index < -0.39 is 32.6 Å². The summed E-state index contributed by atoms with van der Waals surface area (Å²) in [6.07, 6.45) is -4.11. The third-order valence-electron chi connectivity index (χ3n) is 5.35. The van der Waals surface area contributed by atoms with Gasteiger partial charge in [-0.3, -0.25) is 4.79 Å². The van der Waals surface area contributed by atoms with E-state index in [4.69, 9.17) is 0 Å². The van der Waals surface area contributed by atoms with Crippen molar-refractivity contribution in [2.75, 3.05) is 13.1 Å². The summed E-state index contributed by atoms with van der Waals surface area (Å²) in [5.41, 5.74) is -0.290. The van der Waals surface area contributed by atoms with Gasteiger partial charge >= 0.3 is 6.18 Å². The van der Waals surface area contributed by atoms with Gasteiger partial charge in [-0.05, 0) is 55.7 Å². The molecule has 1 amide bonds. The van der Waals surface area contributed by atoms with Crippen LogP contribution in [0.1, 0.15) is 36.9 Å². The predicted octanol–water partition coefficient (Wildman–Crippen LogP) is 3.69. The number of amides is 1. The quantitative estimate of drug-likeness (QED) is 0.719. The lowest BCUT2D eigenvalue weighted by atomic mass is 9.96. The molecular formula is C21H23F3N2O4S. The van der Waals surface area contributed by atoms with Gasteiger partial charge in [-0.15, -0.1) is 0 Å². The number of carbonyl (C=O) groups is 1. The Kier molecular flexibility index (Phi) is 6.61. The highest BCUT2D eigenvalue weighted by atomic mass is 32.2. The first kappa shape index (κ1) is 23.1. The Morgan fingerprint density at radius 2 is 1.77 bits per heavy atom. The molecule has 1 aliphatic heterocycles. The SMILES string of the molecule is CC(NC(=O)C1CCN(S(=O)(=O)c2cccc(C(F)(F)F)c2)CC1)c1cccc(O)c1. The first-order valence-corrected chi connectivity index (χ1v) is 11.2. The van der Waals surface area contributed by atoms with Crippen LogP contribution in [0.5, 0.6) is 5.75 Å². The van der Waals surface area contributed by atoms with Crippen LogP contribution >= 0.6 is 0 Å². The van der Waals surface area contributed by atoms with Crippen molar-refractivity contribution in [1.29, 1.82) is 0 Å². The van der Waals surface area contributed by atoms with Gasteiger partial charge in [0.1, 0.15) is 5.75 Å². The highest BCUT2D eigenvalue weighted by Gasteiger charge is 2.35. The largest absolute Gasteiger partial charge is 0.508 e. The van der Waals surface area contributed by atoms with E-state index >= 15 is 0 Å². The predicted molar refractivity (Wildman–Crippen MR) is 108 cm³/mol. The normalized spacial score (nSPS) is 17.3. The summed E-state index contributed by atoms with van der Waals surface area (Å²) in [5.74, 6) is -0.550. The summed E-state index contributed by atoms with van der Waals surface area (Å²) in [5, 5.41) is 12.4. The molecule has 1 heterocycles. The topological polar surface area (TPSA) is 86.7 Å². The zero-order chi connectivity index (χ0) is 22.8. The van der Waals surface area contributed by atoms with Crippen molar-refractivity contribution in [1.82, 2.24) is 9.62 Å². The molecule has 0 saturated carbocycles. The second-order valence-corrected chi connectivity index (χ2v) is 9.47. The Balaban J connectivity index is 1.63. The second kappa shape index (κ2) is 8.88. The third-order valence-corrected chi connectivity index (χ3v) is 7.25. The minimum Gasteiger partial charge on any atom is -0.508 e. The Morgan fingerprint density at radius 3 is 2.39 bits per heavy atom. The van der Waals surface area contributed by atoms with Crippen LogP contribution < -0.4 is 5.32 Å². The van der Waals surface area contributed by atoms with E-state index in [0.29, 0.717) is 6.07 Å². The number of nitrogens with zero attached hydrogens (tertiary/aromatic N) is 1. The fourth-order valence-corrected chi connectivity index (χ4v) is 5.07. The van der Waals surface area contributed by atoms with Crippen molar-refractivity contribution in [2.45, 2.75) is 36.9 Å². The molecule has 1 fully saturated rings. The van der Waals surface area contributed by atoms with Crippen molar-refractivity contribution >= 4 is 15.9 Å². The number of nitrogens with one attached hydrogen (secondary N) is 1. The molecule has 1 atom stereocenters. The molecule has 0 spiro atoms. The first-order chi connectivity index (χ1) is 14.5. The summed E-state index contributed by atoms with van der Waals surface area (Å²) in [7, 11) is -4.09. The van der Waals surface area contributed by atoms with E-state index in [1.54, 1.807) is 25.1 Å². The Bertz CT molecular complexity index is 1050. The molecule has 2 aromatic carbocycles. The van der Waals surface area contributed by atoms with Crippen LogP contribution in [0.3, 0.4) is 0 Å². The van der Waals surface area contributed by atoms with Gasteiger partial charge in [0, 0.05) is 19.0 Å². The van der Waals surface area contributed by atoms with Crippen molar-refractivity contribution < 1.29 is 31.5 Å². The molecule has 31 heavy (non-hydrogen) atoms. The maximum Gasteiger partial charge on any atom is 0.416 e. The molecule has 0 radical (unpaired) electrons. The number of benzene rings is 2. The number of hydrogen-bond donors (Lipinski definition) is 2. The van der Waals surface area contributed by atoms with E-state index in [0.717, 1.165) is 28.1 Å². The van der Waals surface area contributed by atoms with E-state index in [2.05, 4.69) is 5.32 Å². The summed E-state index contributed by atoms with van der Waals surface area (Å²) < 4.78 is 65.4. The van der Waals surface area contributed by atoms with E-state index in [9.17, 15) is 31.5 Å². The molecule has 0 bridgehead atoms. The molecule has 2 N–H and O–H groups in total. The van der Waals surface area contributed by atoms with Gasteiger partial charge in [-0.2, -0.15) is 17.5 Å². The number of phenols is 1. The second-order valence-electron chi connectivity index (χ2n) is 7.53. The number of hydrogen-bond acceptors (Lipinski definition) is 4. The number of halogens is 3. The monoisotopic (exact) mass is 456 g/mol. The molecular weight excluding hydrogens is 433 g/mol. The van der Waals surface area contributed by atoms with Gasteiger partial charge in [-0.1, -0.05) is 18.2 Å². The summed E-state index contributed by atoms with van der Waals surface area (Å²) in [6, 6.07) is 9.84. The minimum atomic E-state index is -4.64. The zero-order valence-electron chi connectivity index (χ0n) is 16.8. The lowest BCUT2D eigenvalue weighted by Crippen LogP contribution is -2.43. The highest BCUT2D eigenvalue weighted by Crippen LogP contribution is 2.32. The molecule has 2 aromatic rings. The lowest BCUT2D eigenvalue weighted by molar-refractivity contribution is -0.137. The van der Waals surface area contributed by atoms with Crippen LogP contribution in [0.15, 0.2) is 53.4 Å². The molecule has 1 saturated heterocycles. The maximum atomic E-state index is 12.9. The lowest BCUT2D eigenvalue weighted by Gasteiger charge is -2.31. The summed E-state index contributed by atoms with van der Waals surface area (Å²) in [4.78, 5) is 12.2. The van der Waals surface area contributed by atoms with Crippen LogP contribution in [0.25, 0.3) is 0 Å². The van der Waals surface area contributed by atoms with E-state index in [-0.39, 0.29) is 43.6 Å². The van der Waals surface area contributed by atoms with E-state index in [1.165, 1.54) is 6.07 Å². The molecule has 3 rings (SSSR count). The average Bonchev–Trinajstić information content (AvgIpc) is 2.73. The number of alkyl halides is 3. The third kappa shape index (κ3) is 5.37. The van der Waals surface area contributed by atoms with E-state index in [1.807, 2.05) is 0 Å². The number of aromatic hydroxyl groups is 1. The molecule has 1 unspecified atom stereocenters. The number of phenolic OH excluding ortho intramolecular Hbond substituents is 1. The molecule has 6 nitrogen and oxygen atoms in total. The van der Waals surface area contributed by atoms with Gasteiger partial charge < -0.3 is 10.4 Å². The van der Waals surface area contributed by atoms with Crippen LogP contribution in [-0.2, 0) is 21.0 Å². The summed E-state index contributed by atoms with van der Waals surface area (Å²) >= 11 is 0. The van der Waals surface area contributed by atoms with Crippen LogP contribution in [0.4, 0.5) is 13.2 Å². The van der Waals surface area contributed by atoms with Gasteiger partial charge in [0.05, 0.1) is 16.5 Å². The Hall–Kier alpha value is -2.59. The molecule has 0 aromatic heterocycles. The van der Waals surface area contributed by atoms with Crippen LogP contribution in [-0.4, -0.2) is 36.8 Å². The molecule has 168 valence electrons. The molecule has 0 aliphatic carbocycles. The number of piperidine rings is 1. The van der Waals surface area contributed by atoms with Gasteiger partial charge in [-0.25, -0.2) is 8.42 Å². The smallest absolute Gasteiger partial charge is 0.416 e. The standard InChI is InChI=1S/C21H23F3N2O4S/c1-14(16-4-2-6-18(27)12-16)25-20(28)15-8-10-26(11-9-15)31(29,30)19-7-3-5-17(13-19)21(22,23)24/h2-7,12-15,27H,8-11H2,1H3,(H,25,28). The Morgan fingerprint density at radius 1 is 1.13 bits per heavy atom. The molecule has 1 aliphatic rings.